The second-order valence-corrected chi connectivity index (χ2v) is 9.09. The van der Waals surface area contributed by atoms with Crippen LogP contribution >= 0.6 is 11.6 Å². The Morgan fingerprint density at radius 3 is 2.39 bits per heavy atom. The Hall–Kier alpha value is -1.68. The van der Waals surface area contributed by atoms with Gasteiger partial charge in [-0.3, -0.25) is 9.59 Å². The number of hydrogen-bond donors (Lipinski definition) is 0. The molecule has 0 bridgehead atoms. The number of piperidine rings is 1. The molecule has 0 unspecified atom stereocenters. The Labute approximate surface area is 169 Å². The van der Waals surface area contributed by atoms with Crippen molar-refractivity contribution in [2.75, 3.05) is 46.5 Å². The average Bonchev–Trinajstić information content (AvgIpc) is 2.73. The lowest BCUT2D eigenvalue weighted by atomic mass is 9.96. The van der Waals surface area contributed by atoms with Crippen LogP contribution in [0.3, 0.4) is 0 Å². The lowest BCUT2D eigenvalue weighted by Gasteiger charge is -2.31. The highest BCUT2D eigenvalue weighted by Crippen LogP contribution is 2.27. The Bertz CT molecular complexity index is 846. The number of methoxy groups -OCH3 is 1. The van der Waals surface area contributed by atoms with Gasteiger partial charge in [0.2, 0.25) is 10.0 Å². The minimum absolute atomic E-state index is 0.0339. The van der Waals surface area contributed by atoms with Gasteiger partial charge in [-0.25, -0.2) is 8.42 Å². The summed E-state index contributed by atoms with van der Waals surface area (Å²) in [6.07, 6.45) is 1.00. The number of carbonyl (C=O) groups excluding carboxylic acids is 2. The van der Waals surface area contributed by atoms with Gasteiger partial charge in [0.05, 0.1) is 41.7 Å². The predicted octanol–water partition coefficient (Wildman–Crippen LogP) is 1.39. The van der Waals surface area contributed by atoms with Gasteiger partial charge in [-0.05, 0) is 31.0 Å². The largest absolute Gasteiger partial charge is 0.469 e. The number of carbonyl (C=O) groups is 2. The number of likely N-dealkylation sites (tertiary alicyclic amines) is 1. The fourth-order valence-corrected chi connectivity index (χ4v) is 5.05. The van der Waals surface area contributed by atoms with Crippen molar-refractivity contribution in [2.24, 2.45) is 5.92 Å². The summed E-state index contributed by atoms with van der Waals surface area (Å²) < 4.78 is 37.0. The smallest absolute Gasteiger partial charge is 0.308 e. The number of morpholine rings is 1. The molecule has 3 rings (SSSR count). The van der Waals surface area contributed by atoms with E-state index in [1.165, 1.54) is 29.6 Å². The fraction of sp³-hybridized carbons (Fsp3) is 0.556. The third kappa shape index (κ3) is 4.32. The molecular formula is C18H23ClN2O6S. The lowest BCUT2D eigenvalue weighted by molar-refractivity contribution is -0.146. The molecule has 1 amide bonds. The zero-order chi connectivity index (χ0) is 20.3. The number of amides is 1. The van der Waals surface area contributed by atoms with Crippen LogP contribution in [0.15, 0.2) is 23.1 Å². The molecule has 0 radical (unpaired) electrons. The minimum atomic E-state index is -3.73. The molecule has 2 aliphatic rings. The average molecular weight is 431 g/mol. The minimum Gasteiger partial charge on any atom is -0.469 e. The van der Waals surface area contributed by atoms with Crippen LogP contribution in [0.2, 0.25) is 5.02 Å². The molecule has 2 aliphatic heterocycles. The molecule has 154 valence electrons. The molecule has 0 N–H and O–H groups in total. The molecule has 0 saturated carbocycles. The van der Waals surface area contributed by atoms with Gasteiger partial charge in [0.1, 0.15) is 0 Å². The molecule has 28 heavy (non-hydrogen) atoms. The van der Waals surface area contributed by atoms with E-state index in [1.54, 1.807) is 4.90 Å². The molecule has 1 aromatic rings. The van der Waals surface area contributed by atoms with Crippen LogP contribution < -0.4 is 0 Å². The van der Waals surface area contributed by atoms with E-state index in [0.717, 1.165) is 0 Å². The molecule has 2 fully saturated rings. The van der Waals surface area contributed by atoms with Crippen LogP contribution in [-0.2, 0) is 24.3 Å². The Morgan fingerprint density at radius 1 is 1.14 bits per heavy atom. The van der Waals surface area contributed by atoms with Crippen molar-refractivity contribution in [1.82, 2.24) is 9.21 Å². The van der Waals surface area contributed by atoms with Crippen LogP contribution in [-0.4, -0.2) is 76.0 Å². The molecule has 0 aromatic heterocycles. The summed E-state index contributed by atoms with van der Waals surface area (Å²) in [7, 11) is -2.38. The van der Waals surface area contributed by atoms with Crippen molar-refractivity contribution in [1.29, 1.82) is 0 Å². The third-order valence-electron chi connectivity index (χ3n) is 5.09. The molecule has 0 atom stereocenters. The maximum absolute atomic E-state index is 12.9. The molecule has 0 spiro atoms. The first kappa shape index (κ1) is 21.0. The number of halogens is 1. The first-order chi connectivity index (χ1) is 13.3. The summed E-state index contributed by atoms with van der Waals surface area (Å²) in [5, 5.41) is 0.195. The standard InChI is InChI=1S/C18H23ClN2O6S/c1-26-18(23)13-4-6-20(7-5-13)17(22)15-12-14(2-3-16(15)19)28(24,25)21-8-10-27-11-9-21/h2-3,12-13H,4-11H2,1H3. The van der Waals surface area contributed by atoms with E-state index < -0.39 is 10.0 Å². The van der Waals surface area contributed by atoms with Crippen molar-refractivity contribution < 1.29 is 27.5 Å². The fourth-order valence-electron chi connectivity index (χ4n) is 3.42. The van der Waals surface area contributed by atoms with E-state index in [4.69, 9.17) is 21.1 Å². The number of esters is 1. The number of rotatable bonds is 4. The summed E-state index contributed by atoms with van der Waals surface area (Å²) in [5.41, 5.74) is 0.146. The maximum atomic E-state index is 12.9. The Morgan fingerprint density at radius 2 is 1.79 bits per heavy atom. The topological polar surface area (TPSA) is 93.2 Å². The Kier molecular flexibility index (Phi) is 6.59. The van der Waals surface area contributed by atoms with E-state index in [9.17, 15) is 18.0 Å². The van der Waals surface area contributed by atoms with Gasteiger partial charge in [-0.1, -0.05) is 11.6 Å². The van der Waals surface area contributed by atoms with Crippen molar-refractivity contribution in [3.63, 3.8) is 0 Å². The predicted molar refractivity (Wildman–Crippen MR) is 102 cm³/mol. The molecular weight excluding hydrogens is 408 g/mol. The number of benzene rings is 1. The molecule has 10 heteroatoms. The van der Waals surface area contributed by atoms with E-state index >= 15 is 0 Å². The van der Waals surface area contributed by atoms with Gasteiger partial charge in [0.25, 0.3) is 5.91 Å². The van der Waals surface area contributed by atoms with E-state index in [-0.39, 0.29) is 46.4 Å². The number of sulfonamides is 1. The lowest BCUT2D eigenvalue weighted by Crippen LogP contribution is -2.41. The summed E-state index contributed by atoms with van der Waals surface area (Å²) in [5.74, 6) is -0.839. The SMILES string of the molecule is COC(=O)C1CCN(C(=O)c2cc(S(=O)(=O)N3CCOCC3)ccc2Cl)CC1. The highest BCUT2D eigenvalue weighted by molar-refractivity contribution is 7.89. The van der Waals surface area contributed by atoms with Gasteiger partial charge in [0.15, 0.2) is 0 Å². The van der Waals surface area contributed by atoms with Crippen LogP contribution in [0.1, 0.15) is 23.2 Å². The summed E-state index contributed by atoms with van der Waals surface area (Å²) in [4.78, 5) is 26.2. The molecule has 8 nitrogen and oxygen atoms in total. The zero-order valence-corrected chi connectivity index (χ0v) is 17.2. The van der Waals surface area contributed by atoms with Crippen molar-refractivity contribution in [2.45, 2.75) is 17.7 Å². The van der Waals surface area contributed by atoms with Gasteiger partial charge in [0, 0.05) is 26.2 Å². The van der Waals surface area contributed by atoms with Gasteiger partial charge in [-0.15, -0.1) is 0 Å². The van der Waals surface area contributed by atoms with Gasteiger partial charge >= 0.3 is 5.97 Å². The second-order valence-electron chi connectivity index (χ2n) is 6.75. The van der Waals surface area contributed by atoms with Gasteiger partial charge in [-0.2, -0.15) is 4.31 Å². The number of ether oxygens (including phenoxy) is 2. The number of hydrogen-bond acceptors (Lipinski definition) is 6. The monoisotopic (exact) mass is 430 g/mol. The summed E-state index contributed by atoms with van der Waals surface area (Å²) in [6.45, 7) is 2.00. The highest BCUT2D eigenvalue weighted by Gasteiger charge is 2.31. The zero-order valence-electron chi connectivity index (χ0n) is 15.6. The first-order valence-electron chi connectivity index (χ1n) is 9.09. The molecule has 0 aliphatic carbocycles. The molecule has 2 saturated heterocycles. The highest BCUT2D eigenvalue weighted by atomic mass is 35.5. The van der Waals surface area contributed by atoms with E-state index in [0.29, 0.717) is 39.1 Å². The van der Waals surface area contributed by atoms with Crippen LogP contribution in [0, 0.1) is 5.92 Å². The van der Waals surface area contributed by atoms with Crippen molar-refractivity contribution in [3.8, 4) is 0 Å². The van der Waals surface area contributed by atoms with Crippen molar-refractivity contribution >= 4 is 33.5 Å². The quantitative estimate of drug-likeness (QED) is 0.670. The molecule has 1 aromatic carbocycles. The first-order valence-corrected chi connectivity index (χ1v) is 10.9. The van der Waals surface area contributed by atoms with E-state index in [1.807, 2.05) is 0 Å². The molecule has 2 heterocycles. The Balaban J connectivity index is 1.78. The summed E-state index contributed by atoms with van der Waals surface area (Å²) in [6, 6.07) is 4.18. The maximum Gasteiger partial charge on any atom is 0.308 e. The summed E-state index contributed by atoms with van der Waals surface area (Å²) >= 11 is 6.20. The van der Waals surface area contributed by atoms with Gasteiger partial charge < -0.3 is 14.4 Å². The second kappa shape index (κ2) is 8.77. The number of nitrogens with zero attached hydrogens (tertiary/aromatic N) is 2. The van der Waals surface area contributed by atoms with Crippen LogP contribution in [0.25, 0.3) is 0 Å². The van der Waals surface area contributed by atoms with Crippen LogP contribution in [0.4, 0.5) is 0 Å². The van der Waals surface area contributed by atoms with Crippen LogP contribution in [0.5, 0.6) is 0 Å². The third-order valence-corrected chi connectivity index (χ3v) is 7.32. The normalized spacial score (nSPS) is 19.4. The van der Waals surface area contributed by atoms with E-state index in [2.05, 4.69) is 0 Å². The van der Waals surface area contributed by atoms with Crippen molar-refractivity contribution in [3.05, 3.63) is 28.8 Å².